The molecule has 0 aliphatic carbocycles. The zero-order chi connectivity index (χ0) is 14.6. The van der Waals surface area contributed by atoms with Crippen LogP contribution in [0.3, 0.4) is 0 Å². The molecule has 3 aliphatic rings. The van der Waals surface area contributed by atoms with Crippen molar-refractivity contribution in [3.63, 3.8) is 0 Å². The number of nitrogens with zero attached hydrogens (tertiary/aromatic N) is 1. The van der Waals surface area contributed by atoms with E-state index in [9.17, 15) is 5.11 Å². The minimum atomic E-state index is -0.817. The van der Waals surface area contributed by atoms with E-state index in [2.05, 4.69) is 41.1 Å². The van der Waals surface area contributed by atoms with E-state index in [1.54, 1.807) is 0 Å². The van der Waals surface area contributed by atoms with Crippen molar-refractivity contribution in [1.82, 2.24) is 9.88 Å². The monoisotopic (exact) mass is 282 g/mol. The number of hydrogen-bond donors (Lipinski definition) is 2. The van der Waals surface area contributed by atoms with E-state index in [1.165, 1.54) is 16.5 Å². The predicted octanol–water partition coefficient (Wildman–Crippen LogP) is 3.16. The van der Waals surface area contributed by atoms with Gasteiger partial charge in [-0.25, -0.2) is 0 Å². The van der Waals surface area contributed by atoms with Gasteiger partial charge in [0.1, 0.15) is 5.60 Å². The van der Waals surface area contributed by atoms with Crippen molar-refractivity contribution in [3.05, 3.63) is 47.2 Å². The smallest absolute Gasteiger partial charge is 0.108 e. The van der Waals surface area contributed by atoms with Crippen LogP contribution in [0.5, 0.6) is 0 Å². The number of allylic oxidation sites excluding steroid dienone is 1. The highest BCUT2D eigenvalue weighted by molar-refractivity contribution is 5.85. The average Bonchev–Trinajstić information content (AvgIpc) is 2.85. The molecular formula is C18H22N2O. The normalized spacial score (nSPS) is 34.0. The van der Waals surface area contributed by atoms with Crippen LogP contribution in [0, 0.1) is 5.92 Å². The van der Waals surface area contributed by atoms with Gasteiger partial charge in [0.25, 0.3) is 0 Å². The first-order chi connectivity index (χ1) is 10.1. The van der Waals surface area contributed by atoms with Gasteiger partial charge in [0.05, 0.1) is 5.69 Å². The van der Waals surface area contributed by atoms with Gasteiger partial charge in [0, 0.05) is 29.9 Å². The van der Waals surface area contributed by atoms with E-state index in [0.29, 0.717) is 0 Å². The number of nitrogens with one attached hydrogen (secondary N) is 1. The SMILES string of the molecule is CC=C1CN2CCC1C(C)(O)c1[nH]c3ccccc3c1C2. The van der Waals surface area contributed by atoms with Crippen LogP contribution < -0.4 is 0 Å². The first-order valence-corrected chi connectivity index (χ1v) is 7.81. The van der Waals surface area contributed by atoms with Crippen molar-refractivity contribution in [1.29, 1.82) is 0 Å². The lowest BCUT2D eigenvalue weighted by molar-refractivity contribution is -0.0203. The number of hydrogen-bond acceptors (Lipinski definition) is 2. The van der Waals surface area contributed by atoms with Crippen molar-refractivity contribution in [3.8, 4) is 0 Å². The number of fused-ring (bicyclic) bond motifs is 3. The third-order valence-electron chi connectivity index (χ3n) is 5.34. The Kier molecular flexibility index (Phi) is 2.78. The summed E-state index contributed by atoms with van der Waals surface area (Å²) in [6.07, 6.45) is 3.22. The van der Waals surface area contributed by atoms with Crippen molar-refractivity contribution in [2.24, 2.45) is 5.92 Å². The van der Waals surface area contributed by atoms with Crippen LogP contribution in [0.4, 0.5) is 0 Å². The highest BCUT2D eigenvalue weighted by Crippen LogP contribution is 2.44. The first kappa shape index (κ1) is 13.1. The van der Waals surface area contributed by atoms with Crippen molar-refractivity contribution >= 4 is 10.9 Å². The number of benzene rings is 1. The first-order valence-electron chi connectivity index (χ1n) is 7.81. The largest absolute Gasteiger partial charge is 0.383 e. The molecule has 3 aliphatic heterocycles. The molecular weight excluding hydrogens is 260 g/mol. The standard InChI is InChI=1S/C18H22N2O/c1-3-12-10-20-9-8-15(12)18(2,21)17-14(11-20)13-6-4-5-7-16(13)19-17/h3-7,15,19,21H,8-11H2,1-2H3. The second-order valence-electron chi connectivity index (χ2n) is 6.59. The highest BCUT2D eigenvalue weighted by atomic mass is 16.3. The molecule has 5 rings (SSSR count). The fourth-order valence-corrected chi connectivity index (χ4v) is 4.21. The van der Waals surface area contributed by atoms with Gasteiger partial charge in [-0.2, -0.15) is 0 Å². The Balaban J connectivity index is 1.99. The van der Waals surface area contributed by atoms with Gasteiger partial charge in [0.15, 0.2) is 0 Å². The second-order valence-corrected chi connectivity index (χ2v) is 6.59. The number of aliphatic hydroxyl groups is 1. The molecule has 0 radical (unpaired) electrons. The van der Waals surface area contributed by atoms with E-state index < -0.39 is 5.60 Å². The number of rotatable bonds is 0. The summed E-state index contributed by atoms with van der Waals surface area (Å²) in [4.78, 5) is 6.00. The molecule has 0 amide bonds. The van der Waals surface area contributed by atoms with Crippen LogP contribution in [0.2, 0.25) is 0 Å². The van der Waals surface area contributed by atoms with Crippen molar-refractivity contribution in [2.45, 2.75) is 32.4 Å². The molecule has 1 aromatic heterocycles. The molecule has 2 bridgehead atoms. The molecule has 3 atom stereocenters. The second kappa shape index (κ2) is 4.46. The number of H-pyrrole nitrogens is 1. The van der Waals surface area contributed by atoms with Gasteiger partial charge < -0.3 is 10.1 Å². The van der Waals surface area contributed by atoms with E-state index in [4.69, 9.17) is 0 Å². The molecule has 3 unspecified atom stereocenters. The zero-order valence-corrected chi connectivity index (χ0v) is 12.7. The summed E-state index contributed by atoms with van der Waals surface area (Å²) in [5.41, 5.74) is 3.97. The molecule has 1 fully saturated rings. The van der Waals surface area contributed by atoms with Gasteiger partial charge >= 0.3 is 0 Å². The minimum Gasteiger partial charge on any atom is -0.383 e. The molecule has 3 heteroatoms. The Bertz CT molecular complexity index is 726. The quantitative estimate of drug-likeness (QED) is 0.729. The third-order valence-corrected chi connectivity index (χ3v) is 5.34. The number of para-hydroxylation sites is 1. The summed E-state index contributed by atoms with van der Waals surface area (Å²) in [5.74, 6) is 0.214. The van der Waals surface area contributed by atoms with E-state index in [-0.39, 0.29) is 5.92 Å². The summed E-state index contributed by atoms with van der Waals surface area (Å²) in [6, 6.07) is 8.39. The fourth-order valence-electron chi connectivity index (χ4n) is 4.21. The van der Waals surface area contributed by atoms with E-state index in [1.807, 2.05) is 13.0 Å². The third kappa shape index (κ3) is 1.81. The molecule has 2 N–H and O–H groups in total. The number of aromatic nitrogens is 1. The molecule has 1 aromatic carbocycles. The van der Waals surface area contributed by atoms with Gasteiger partial charge in [-0.05, 0) is 38.4 Å². The van der Waals surface area contributed by atoms with E-state index >= 15 is 0 Å². The lowest BCUT2D eigenvalue weighted by Crippen LogP contribution is -2.46. The lowest BCUT2D eigenvalue weighted by atomic mass is 9.74. The Morgan fingerprint density at radius 2 is 2.14 bits per heavy atom. The van der Waals surface area contributed by atoms with Crippen molar-refractivity contribution < 1.29 is 5.11 Å². The molecule has 110 valence electrons. The Morgan fingerprint density at radius 1 is 1.33 bits per heavy atom. The van der Waals surface area contributed by atoms with E-state index in [0.717, 1.165) is 37.3 Å². The summed E-state index contributed by atoms with van der Waals surface area (Å²) < 4.78 is 0. The topological polar surface area (TPSA) is 39.3 Å². The summed E-state index contributed by atoms with van der Waals surface area (Å²) >= 11 is 0. The van der Waals surface area contributed by atoms with Crippen LogP contribution in [-0.4, -0.2) is 28.1 Å². The lowest BCUT2D eigenvalue weighted by Gasteiger charge is -2.44. The molecule has 1 saturated heterocycles. The van der Waals surface area contributed by atoms with Crippen LogP contribution in [0.15, 0.2) is 35.9 Å². The van der Waals surface area contributed by atoms with Crippen LogP contribution in [-0.2, 0) is 12.1 Å². The highest BCUT2D eigenvalue weighted by Gasteiger charge is 2.43. The van der Waals surface area contributed by atoms with Gasteiger partial charge in [0.2, 0.25) is 0 Å². The minimum absolute atomic E-state index is 0.214. The van der Waals surface area contributed by atoms with Crippen molar-refractivity contribution in [2.75, 3.05) is 13.1 Å². The fraction of sp³-hybridized carbons (Fsp3) is 0.444. The Labute approximate surface area is 125 Å². The number of piperidine rings is 1. The maximum atomic E-state index is 11.3. The molecule has 0 saturated carbocycles. The van der Waals surface area contributed by atoms with Gasteiger partial charge in [-0.3, -0.25) is 4.90 Å². The van der Waals surface area contributed by atoms with Crippen LogP contribution >= 0.6 is 0 Å². The maximum Gasteiger partial charge on any atom is 0.108 e. The average molecular weight is 282 g/mol. The van der Waals surface area contributed by atoms with Crippen LogP contribution in [0.25, 0.3) is 10.9 Å². The summed E-state index contributed by atoms with van der Waals surface area (Å²) in [6.45, 7) is 7.04. The summed E-state index contributed by atoms with van der Waals surface area (Å²) in [7, 11) is 0. The zero-order valence-electron chi connectivity index (χ0n) is 12.7. The molecule has 2 aromatic rings. The summed E-state index contributed by atoms with van der Waals surface area (Å²) in [5, 5.41) is 12.6. The molecule has 4 heterocycles. The molecule has 3 nitrogen and oxygen atoms in total. The Morgan fingerprint density at radius 3 is 2.95 bits per heavy atom. The number of aromatic amines is 1. The Hall–Kier alpha value is -1.58. The maximum absolute atomic E-state index is 11.3. The van der Waals surface area contributed by atoms with Gasteiger partial charge in [-0.1, -0.05) is 29.8 Å². The van der Waals surface area contributed by atoms with Crippen LogP contribution in [0.1, 0.15) is 31.5 Å². The molecule has 0 spiro atoms. The predicted molar refractivity (Wildman–Crippen MR) is 85.0 cm³/mol. The molecule has 21 heavy (non-hydrogen) atoms. The van der Waals surface area contributed by atoms with Gasteiger partial charge in [-0.15, -0.1) is 0 Å².